The lowest BCUT2D eigenvalue weighted by molar-refractivity contribution is -0.0593. The number of fused-ring (bicyclic) bond motifs is 6. The highest BCUT2D eigenvalue weighted by Crippen LogP contribution is 2.67. The highest BCUT2D eigenvalue weighted by Gasteiger charge is 2.59. The fourth-order valence-corrected chi connectivity index (χ4v) is 11.5. The van der Waals surface area contributed by atoms with Gasteiger partial charge in [-0.25, -0.2) is 4.79 Å². The van der Waals surface area contributed by atoms with Gasteiger partial charge < -0.3 is 19.9 Å². The molecule has 1 amide bonds. The van der Waals surface area contributed by atoms with Crippen molar-refractivity contribution in [2.75, 3.05) is 45.6 Å². The number of amides is 1. The van der Waals surface area contributed by atoms with E-state index in [1.54, 1.807) is 5.57 Å². The van der Waals surface area contributed by atoms with Crippen LogP contribution >= 0.6 is 11.6 Å². The maximum absolute atomic E-state index is 13.7. The second-order valence-electron chi connectivity index (χ2n) is 18.1. The Morgan fingerprint density at radius 3 is 2.61 bits per heavy atom. The predicted octanol–water partition coefficient (Wildman–Crippen LogP) is 11.1. The first kappa shape index (κ1) is 38.4. The first-order valence-corrected chi connectivity index (χ1v) is 20.8. The third-order valence-corrected chi connectivity index (χ3v) is 14.5. The Hall–Kier alpha value is -2.31. The molecule has 1 aromatic carbocycles. The average Bonchev–Trinajstić information content (AvgIpc) is 3.45. The van der Waals surface area contributed by atoms with Gasteiger partial charge in [0.2, 0.25) is 0 Å². The van der Waals surface area contributed by atoms with Gasteiger partial charge in [-0.05, 0) is 136 Å². The molecular formula is C44H67ClN4O2. The molecule has 6 nitrogen and oxygen atoms in total. The SMILES string of the molecule is CC(C)CCC[C@@H](C)[C@H]1CC[C@H]2[C@@H]3CC=C4C[C@@H](OC(=O)N(CCCNc5ccnc6cc(Cl)ccc56)CCN(C)C)CC[C@]4(C)[C@H]3CC[C@]12C. The summed E-state index contributed by atoms with van der Waals surface area (Å²) in [5.41, 5.74) is 4.27. The van der Waals surface area contributed by atoms with E-state index in [1.807, 2.05) is 35.4 Å². The maximum Gasteiger partial charge on any atom is 0.410 e. The molecule has 3 fully saturated rings. The Balaban J connectivity index is 1.04. The molecule has 2 aromatic rings. The molecule has 3 saturated carbocycles. The van der Waals surface area contributed by atoms with E-state index >= 15 is 0 Å². The monoisotopic (exact) mass is 718 g/mol. The summed E-state index contributed by atoms with van der Waals surface area (Å²) in [5, 5.41) is 5.30. The number of allylic oxidation sites excluding steroid dienone is 1. The molecule has 1 aromatic heterocycles. The first-order valence-electron chi connectivity index (χ1n) is 20.5. The molecule has 51 heavy (non-hydrogen) atoms. The fourth-order valence-electron chi connectivity index (χ4n) is 11.4. The quantitative estimate of drug-likeness (QED) is 0.156. The van der Waals surface area contributed by atoms with E-state index in [9.17, 15) is 4.79 Å². The van der Waals surface area contributed by atoms with E-state index in [1.165, 1.54) is 51.4 Å². The summed E-state index contributed by atoms with van der Waals surface area (Å²) in [7, 11) is 4.12. The number of likely N-dealkylation sites (N-methyl/N-ethyl adjacent to an activating group) is 1. The number of nitrogens with zero attached hydrogens (tertiary/aromatic N) is 3. The van der Waals surface area contributed by atoms with Crippen LogP contribution in [0.15, 0.2) is 42.1 Å². The standard InChI is InChI=1S/C44H67ClN4O2/c1-30(2)10-8-11-31(3)37-16-17-38-35-14-12-32-28-34(18-21-43(32,4)39(35)19-22-44(37,38)5)51-42(50)49(27-26-48(6)7)25-9-23-46-40-20-24-47-41-29-33(45)13-15-36(40)41/h12-13,15,20,24,29-31,34-35,37-39H,8-11,14,16-19,21-23,25-28H2,1-7H3,(H,46,47)/t31-,34+,35+,37-,38+,39+,43+,44-/m1/s1. The minimum absolute atomic E-state index is 0.0280. The Morgan fingerprint density at radius 2 is 1.82 bits per heavy atom. The van der Waals surface area contributed by atoms with E-state index < -0.39 is 0 Å². The first-order chi connectivity index (χ1) is 24.4. The van der Waals surface area contributed by atoms with Gasteiger partial charge in [-0.1, -0.05) is 77.1 Å². The molecular weight excluding hydrogens is 652 g/mol. The van der Waals surface area contributed by atoms with Gasteiger partial charge in [0, 0.05) is 54.9 Å². The fraction of sp³-hybridized carbons (Fsp3) is 0.727. The number of carbonyl (C=O) groups is 1. The van der Waals surface area contributed by atoms with Gasteiger partial charge in [0.15, 0.2) is 0 Å². The number of pyridine rings is 1. The normalized spacial score (nSPS) is 30.8. The number of anilines is 1. The smallest absolute Gasteiger partial charge is 0.410 e. The van der Waals surface area contributed by atoms with Crippen LogP contribution < -0.4 is 5.32 Å². The van der Waals surface area contributed by atoms with Crippen LogP contribution in [0.4, 0.5) is 10.5 Å². The third-order valence-electron chi connectivity index (χ3n) is 14.2. The van der Waals surface area contributed by atoms with Crippen LogP contribution in [0.25, 0.3) is 10.9 Å². The summed E-state index contributed by atoms with van der Waals surface area (Å²) in [6.07, 6.45) is 19.2. The minimum atomic E-state index is -0.156. The van der Waals surface area contributed by atoms with Gasteiger partial charge in [0.1, 0.15) is 6.10 Å². The highest BCUT2D eigenvalue weighted by atomic mass is 35.5. The van der Waals surface area contributed by atoms with Gasteiger partial charge in [0.05, 0.1) is 5.52 Å². The maximum atomic E-state index is 13.7. The molecule has 0 aliphatic heterocycles. The van der Waals surface area contributed by atoms with Crippen LogP contribution in [-0.4, -0.2) is 67.3 Å². The molecule has 0 spiro atoms. The van der Waals surface area contributed by atoms with Crippen molar-refractivity contribution in [3.05, 3.63) is 47.1 Å². The Bertz CT molecular complexity index is 1530. The second kappa shape index (κ2) is 16.4. The number of nitrogens with one attached hydrogen (secondary N) is 1. The molecule has 0 radical (unpaired) electrons. The molecule has 7 heteroatoms. The molecule has 1 heterocycles. The van der Waals surface area contributed by atoms with Crippen molar-refractivity contribution in [2.45, 2.75) is 118 Å². The zero-order valence-corrected chi connectivity index (χ0v) is 33.6. The molecule has 0 bridgehead atoms. The largest absolute Gasteiger partial charge is 0.446 e. The van der Waals surface area contributed by atoms with Crippen molar-refractivity contribution in [3.63, 3.8) is 0 Å². The molecule has 4 aliphatic carbocycles. The van der Waals surface area contributed by atoms with E-state index in [0.717, 1.165) is 90.9 Å². The van der Waals surface area contributed by atoms with Crippen molar-refractivity contribution in [3.8, 4) is 0 Å². The number of hydrogen-bond donors (Lipinski definition) is 1. The molecule has 8 atom stereocenters. The van der Waals surface area contributed by atoms with Crippen molar-refractivity contribution in [1.29, 1.82) is 0 Å². The summed E-state index contributed by atoms with van der Waals surface area (Å²) < 4.78 is 6.36. The van der Waals surface area contributed by atoms with Crippen LogP contribution in [0.5, 0.6) is 0 Å². The third kappa shape index (κ3) is 8.43. The van der Waals surface area contributed by atoms with Gasteiger partial charge in [0.25, 0.3) is 0 Å². The summed E-state index contributed by atoms with van der Waals surface area (Å²) in [6.45, 7) is 15.5. The number of rotatable bonds is 14. The second-order valence-corrected chi connectivity index (χ2v) is 18.6. The molecule has 0 unspecified atom stereocenters. The lowest BCUT2D eigenvalue weighted by Crippen LogP contribution is -2.51. The zero-order chi connectivity index (χ0) is 36.3. The number of benzene rings is 1. The molecule has 4 aliphatic rings. The van der Waals surface area contributed by atoms with Gasteiger partial charge in [-0.2, -0.15) is 0 Å². The van der Waals surface area contributed by atoms with Crippen LogP contribution in [-0.2, 0) is 4.74 Å². The summed E-state index contributed by atoms with van der Waals surface area (Å²) in [4.78, 5) is 22.3. The summed E-state index contributed by atoms with van der Waals surface area (Å²) in [5.74, 6) is 5.03. The van der Waals surface area contributed by atoms with E-state index in [2.05, 4.69) is 70.0 Å². The van der Waals surface area contributed by atoms with Crippen LogP contribution in [0.1, 0.15) is 112 Å². The highest BCUT2D eigenvalue weighted by molar-refractivity contribution is 6.31. The van der Waals surface area contributed by atoms with Gasteiger partial charge >= 0.3 is 6.09 Å². The number of aromatic nitrogens is 1. The number of halogens is 1. The molecule has 0 saturated heterocycles. The van der Waals surface area contributed by atoms with Gasteiger partial charge in [-0.3, -0.25) is 4.98 Å². The van der Waals surface area contributed by atoms with Crippen molar-refractivity contribution >= 4 is 34.3 Å². The van der Waals surface area contributed by atoms with Crippen molar-refractivity contribution < 1.29 is 9.53 Å². The summed E-state index contributed by atoms with van der Waals surface area (Å²) in [6, 6.07) is 7.80. The topological polar surface area (TPSA) is 57.7 Å². The molecule has 282 valence electrons. The van der Waals surface area contributed by atoms with Gasteiger partial charge in [-0.15, -0.1) is 0 Å². The Kier molecular flexibility index (Phi) is 12.3. The minimum Gasteiger partial charge on any atom is -0.446 e. The molecule has 1 N–H and O–H groups in total. The van der Waals surface area contributed by atoms with E-state index in [0.29, 0.717) is 23.5 Å². The zero-order valence-electron chi connectivity index (χ0n) is 32.9. The Labute approximate surface area is 314 Å². The summed E-state index contributed by atoms with van der Waals surface area (Å²) >= 11 is 6.19. The van der Waals surface area contributed by atoms with Crippen LogP contribution in [0.2, 0.25) is 5.02 Å². The number of carbonyl (C=O) groups excluding carboxylic acids is 1. The van der Waals surface area contributed by atoms with E-state index in [4.69, 9.17) is 16.3 Å². The van der Waals surface area contributed by atoms with Crippen molar-refractivity contribution in [1.82, 2.24) is 14.8 Å². The van der Waals surface area contributed by atoms with Crippen molar-refractivity contribution in [2.24, 2.45) is 46.3 Å². The lowest BCUT2D eigenvalue weighted by atomic mass is 9.47. The lowest BCUT2D eigenvalue weighted by Gasteiger charge is -2.58. The Morgan fingerprint density at radius 1 is 1.00 bits per heavy atom. The predicted molar refractivity (Wildman–Crippen MR) is 213 cm³/mol. The number of ether oxygens (including phenoxy) is 1. The van der Waals surface area contributed by atoms with Crippen LogP contribution in [0.3, 0.4) is 0 Å². The van der Waals surface area contributed by atoms with Crippen LogP contribution in [0, 0.1) is 46.3 Å². The van der Waals surface area contributed by atoms with E-state index in [-0.39, 0.29) is 17.6 Å². The molecule has 6 rings (SSSR count). The average molecular weight is 719 g/mol. The number of hydrogen-bond acceptors (Lipinski definition) is 5.